The van der Waals surface area contributed by atoms with E-state index in [1.807, 2.05) is 6.08 Å². The van der Waals surface area contributed by atoms with Crippen LogP contribution in [-0.2, 0) is 14.4 Å². The van der Waals surface area contributed by atoms with Crippen molar-refractivity contribution < 1.29 is 14.4 Å². The summed E-state index contributed by atoms with van der Waals surface area (Å²) in [5.41, 5.74) is 0.328. The number of allylic oxidation sites excluding steroid dienone is 6. The predicted molar refractivity (Wildman–Crippen MR) is 125 cm³/mol. The van der Waals surface area contributed by atoms with Crippen LogP contribution in [0.25, 0.3) is 0 Å². The van der Waals surface area contributed by atoms with E-state index in [0.717, 1.165) is 24.8 Å². The van der Waals surface area contributed by atoms with Gasteiger partial charge in [-0.15, -0.1) is 0 Å². The zero-order valence-corrected chi connectivity index (χ0v) is 20.2. The van der Waals surface area contributed by atoms with Crippen molar-refractivity contribution in [3.05, 3.63) is 36.0 Å². The van der Waals surface area contributed by atoms with E-state index in [0.29, 0.717) is 48.7 Å². The molecule has 170 valence electrons. The summed E-state index contributed by atoms with van der Waals surface area (Å²) in [4.78, 5) is 37.9. The van der Waals surface area contributed by atoms with Crippen LogP contribution in [-0.4, -0.2) is 17.3 Å². The molecule has 0 N–H and O–H groups in total. The Bertz CT molecular complexity index is 829. The quantitative estimate of drug-likeness (QED) is 0.451. The Morgan fingerprint density at radius 3 is 2.42 bits per heavy atom. The Labute approximate surface area is 188 Å². The highest BCUT2D eigenvalue weighted by Crippen LogP contribution is 2.52. The van der Waals surface area contributed by atoms with E-state index in [-0.39, 0.29) is 28.3 Å². The first-order valence-corrected chi connectivity index (χ1v) is 12.2. The van der Waals surface area contributed by atoms with Gasteiger partial charge in [0.2, 0.25) is 0 Å². The Hall–Kier alpha value is -1.77. The molecule has 3 aliphatic rings. The highest BCUT2D eigenvalue weighted by Gasteiger charge is 2.50. The predicted octanol–water partition coefficient (Wildman–Crippen LogP) is 6.29. The lowest BCUT2D eigenvalue weighted by atomic mass is 9.59. The van der Waals surface area contributed by atoms with Crippen LogP contribution >= 0.6 is 0 Å². The zero-order valence-electron chi connectivity index (χ0n) is 20.2. The minimum Gasteiger partial charge on any atom is -0.299 e. The van der Waals surface area contributed by atoms with Crippen LogP contribution in [0.4, 0.5) is 0 Å². The van der Waals surface area contributed by atoms with Gasteiger partial charge in [0.05, 0.1) is 0 Å². The van der Waals surface area contributed by atoms with E-state index in [9.17, 15) is 14.4 Å². The molecule has 31 heavy (non-hydrogen) atoms. The summed E-state index contributed by atoms with van der Waals surface area (Å²) in [5, 5.41) is 0. The summed E-state index contributed by atoms with van der Waals surface area (Å²) in [5.74, 6) is 2.31. The number of carbonyl (C=O) groups is 3. The number of carbonyl (C=O) groups excluding carboxylic acids is 3. The molecule has 3 nitrogen and oxygen atoms in total. The summed E-state index contributed by atoms with van der Waals surface area (Å²) >= 11 is 0. The summed E-state index contributed by atoms with van der Waals surface area (Å²) in [6.45, 7) is 13.2. The van der Waals surface area contributed by atoms with Crippen LogP contribution in [0.1, 0.15) is 80.1 Å². The first kappa shape index (κ1) is 23.9. The lowest BCUT2D eigenvalue weighted by Crippen LogP contribution is -2.41. The van der Waals surface area contributed by atoms with Gasteiger partial charge in [-0.05, 0) is 67.1 Å². The van der Waals surface area contributed by atoms with Crippen molar-refractivity contribution in [3.8, 4) is 0 Å². The molecule has 0 aliphatic heterocycles. The van der Waals surface area contributed by atoms with Crippen LogP contribution in [0.2, 0.25) is 0 Å². The maximum absolute atomic E-state index is 13.0. The minimum atomic E-state index is -0.378. The molecule has 3 rings (SSSR count). The van der Waals surface area contributed by atoms with Crippen molar-refractivity contribution in [1.82, 2.24) is 0 Å². The van der Waals surface area contributed by atoms with Crippen molar-refractivity contribution in [2.75, 3.05) is 0 Å². The maximum Gasteiger partial charge on any atom is 0.159 e. The average Bonchev–Trinajstić information content (AvgIpc) is 3.00. The van der Waals surface area contributed by atoms with Gasteiger partial charge in [0.15, 0.2) is 11.6 Å². The molecule has 1 saturated carbocycles. The summed E-state index contributed by atoms with van der Waals surface area (Å²) < 4.78 is 0. The first-order chi connectivity index (χ1) is 14.5. The number of ketones is 3. The van der Waals surface area contributed by atoms with Gasteiger partial charge < -0.3 is 0 Å². The molecule has 0 aromatic rings. The first-order valence-electron chi connectivity index (χ1n) is 12.2. The van der Waals surface area contributed by atoms with Gasteiger partial charge in [0.1, 0.15) is 5.78 Å². The van der Waals surface area contributed by atoms with E-state index in [1.165, 1.54) is 0 Å². The molecule has 3 heteroatoms. The fourth-order valence-electron chi connectivity index (χ4n) is 6.03. The third kappa shape index (κ3) is 4.56. The van der Waals surface area contributed by atoms with Crippen molar-refractivity contribution >= 4 is 17.3 Å². The third-order valence-corrected chi connectivity index (χ3v) is 8.90. The monoisotopic (exact) mass is 424 g/mol. The molecular weight excluding hydrogens is 384 g/mol. The van der Waals surface area contributed by atoms with Crippen LogP contribution in [0.3, 0.4) is 0 Å². The van der Waals surface area contributed by atoms with E-state index in [1.54, 1.807) is 12.2 Å². The molecule has 0 bridgehead atoms. The Morgan fingerprint density at radius 1 is 1.03 bits per heavy atom. The molecular formula is C28H40O3. The van der Waals surface area contributed by atoms with Gasteiger partial charge in [-0.25, -0.2) is 0 Å². The molecule has 0 amide bonds. The second-order valence-electron chi connectivity index (χ2n) is 11.1. The van der Waals surface area contributed by atoms with Crippen molar-refractivity contribution in [2.24, 2.45) is 40.4 Å². The minimum absolute atomic E-state index is 0.144. The fourth-order valence-corrected chi connectivity index (χ4v) is 6.03. The van der Waals surface area contributed by atoms with Crippen LogP contribution in [0.15, 0.2) is 36.0 Å². The van der Waals surface area contributed by atoms with Gasteiger partial charge in [-0.3, -0.25) is 14.4 Å². The van der Waals surface area contributed by atoms with E-state index < -0.39 is 0 Å². The Balaban J connectivity index is 1.77. The smallest absolute Gasteiger partial charge is 0.159 e. The van der Waals surface area contributed by atoms with Crippen LogP contribution < -0.4 is 0 Å². The van der Waals surface area contributed by atoms with Crippen molar-refractivity contribution in [2.45, 2.75) is 80.1 Å². The van der Waals surface area contributed by atoms with Crippen LogP contribution in [0.5, 0.6) is 0 Å². The second kappa shape index (κ2) is 9.00. The topological polar surface area (TPSA) is 51.2 Å². The lowest BCUT2D eigenvalue weighted by Gasteiger charge is -2.43. The highest BCUT2D eigenvalue weighted by atomic mass is 16.1. The van der Waals surface area contributed by atoms with Crippen molar-refractivity contribution in [3.63, 3.8) is 0 Å². The van der Waals surface area contributed by atoms with E-state index in [2.05, 4.69) is 53.7 Å². The zero-order chi connectivity index (χ0) is 23.0. The molecule has 6 unspecified atom stereocenters. The fraction of sp³-hybridized carbons (Fsp3) is 0.679. The summed E-state index contributed by atoms with van der Waals surface area (Å²) in [6, 6.07) is 0. The number of hydrogen-bond acceptors (Lipinski definition) is 3. The Morgan fingerprint density at radius 2 is 1.74 bits per heavy atom. The second-order valence-corrected chi connectivity index (χ2v) is 11.1. The third-order valence-electron chi connectivity index (χ3n) is 8.90. The molecule has 3 aliphatic carbocycles. The Kier molecular flexibility index (Phi) is 6.93. The number of hydrogen-bond donors (Lipinski definition) is 0. The molecule has 0 radical (unpaired) electrons. The molecule has 0 heterocycles. The largest absolute Gasteiger partial charge is 0.299 e. The van der Waals surface area contributed by atoms with Gasteiger partial charge >= 0.3 is 0 Å². The molecule has 0 aromatic carbocycles. The van der Waals surface area contributed by atoms with Crippen LogP contribution in [0, 0.1) is 40.4 Å². The standard InChI is InChI=1S/C28H40O3/c1-18(2)19(3)7-8-20(4)23-10-12-26(31)28(23,6)16-14-24-25(30)11-9-21-17-22(29)13-15-27(21,24)5/h7-9,11,17-20,23-24H,10,12-16H2,1-6H3. The molecule has 0 aromatic heterocycles. The normalized spacial score (nSPS) is 35.6. The maximum atomic E-state index is 13.0. The number of Topliss-reactive ketones (excluding diaryl/α,β-unsaturated/α-hetero) is 1. The van der Waals surface area contributed by atoms with E-state index >= 15 is 0 Å². The molecule has 0 spiro atoms. The van der Waals surface area contributed by atoms with Gasteiger partial charge in [-0.2, -0.15) is 0 Å². The average molecular weight is 425 g/mol. The molecule has 6 atom stereocenters. The summed E-state index contributed by atoms with van der Waals surface area (Å²) in [7, 11) is 0. The lowest BCUT2D eigenvalue weighted by molar-refractivity contribution is -0.129. The molecule has 0 saturated heterocycles. The molecule has 1 fully saturated rings. The SMILES string of the molecule is CC(C)C(C)C=CC(C)C1CCC(=O)C1(C)CCC1C(=O)C=CC2=CC(=O)CCC21C. The highest BCUT2D eigenvalue weighted by molar-refractivity contribution is 5.98. The van der Waals surface area contributed by atoms with E-state index in [4.69, 9.17) is 0 Å². The van der Waals surface area contributed by atoms with Gasteiger partial charge in [0, 0.05) is 29.6 Å². The summed E-state index contributed by atoms with van der Waals surface area (Å²) in [6.07, 6.45) is 14.1. The van der Waals surface area contributed by atoms with Gasteiger partial charge in [-0.1, -0.05) is 59.8 Å². The number of rotatable bonds is 7. The van der Waals surface area contributed by atoms with Crippen molar-refractivity contribution in [1.29, 1.82) is 0 Å². The number of fused-ring (bicyclic) bond motifs is 1. The van der Waals surface area contributed by atoms with Gasteiger partial charge in [0.25, 0.3) is 0 Å².